The van der Waals surface area contributed by atoms with E-state index in [0.717, 1.165) is 0 Å². The van der Waals surface area contributed by atoms with Gasteiger partial charge in [-0.1, -0.05) is 47.3 Å². The maximum Gasteiger partial charge on any atom is 0.355 e. The van der Waals surface area contributed by atoms with Gasteiger partial charge in [0.15, 0.2) is 0 Å². The molecule has 0 aliphatic rings. The molecule has 26 heavy (non-hydrogen) atoms. The van der Waals surface area contributed by atoms with Crippen molar-refractivity contribution in [1.82, 2.24) is 4.98 Å². The smallest absolute Gasteiger partial charge is 0.355 e. The molecule has 0 unspecified atom stereocenters. The van der Waals surface area contributed by atoms with Gasteiger partial charge in [0.1, 0.15) is 5.69 Å². The van der Waals surface area contributed by atoms with Crippen LogP contribution in [-0.4, -0.2) is 24.0 Å². The van der Waals surface area contributed by atoms with Crippen LogP contribution in [0.5, 0.6) is 0 Å². The van der Waals surface area contributed by atoms with E-state index in [2.05, 4.69) is 22.1 Å². The predicted molar refractivity (Wildman–Crippen MR) is 102 cm³/mol. The molecule has 3 aromatic rings. The lowest BCUT2D eigenvalue weighted by atomic mass is 10.1. The lowest BCUT2D eigenvalue weighted by Crippen LogP contribution is -2.08. The number of hydrogen-bond donors (Lipinski definition) is 2. The first-order chi connectivity index (χ1) is 12.5. The summed E-state index contributed by atoms with van der Waals surface area (Å²) in [6, 6.07) is 12.1. The second-order valence-electron chi connectivity index (χ2n) is 5.25. The fourth-order valence-corrected chi connectivity index (χ4v) is 3.02. The highest BCUT2D eigenvalue weighted by atomic mass is 35.5. The highest BCUT2D eigenvalue weighted by Crippen LogP contribution is 2.32. The molecule has 0 saturated carbocycles. The Morgan fingerprint density at radius 2 is 1.88 bits per heavy atom. The van der Waals surface area contributed by atoms with Crippen molar-refractivity contribution in [3.05, 3.63) is 63.8 Å². The average Bonchev–Trinajstić information content (AvgIpc) is 2.98. The van der Waals surface area contributed by atoms with Crippen LogP contribution in [-0.2, 0) is 9.53 Å². The van der Waals surface area contributed by atoms with Crippen LogP contribution in [0, 0.1) is 11.8 Å². The fraction of sp³-hybridized carbons (Fsp3) is 0.0526. The Bertz CT molecular complexity index is 1060. The quantitative estimate of drug-likeness (QED) is 0.510. The van der Waals surface area contributed by atoms with Gasteiger partial charge in [-0.15, -0.1) is 0 Å². The fourth-order valence-electron chi connectivity index (χ4n) is 2.43. The molecule has 130 valence electrons. The van der Waals surface area contributed by atoms with Crippen LogP contribution in [0.1, 0.15) is 16.1 Å². The predicted octanol–water partition coefficient (Wildman–Crippen LogP) is 4.25. The van der Waals surface area contributed by atoms with Crippen molar-refractivity contribution in [1.29, 1.82) is 0 Å². The second-order valence-corrected chi connectivity index (χ2v) is 6.09. The minimum Gasteiger partial charge on any atom is -0.464 e. The molecule has 0 spiro atoms. The zero-order chi connectivity index (χ0) is 18.7. The number of anilines is 1. The van der Waals surface area contributed by atoms with Crippen LogP contribution in [0.3, 0.4) is 0 Å². The van der Waals surface area contributed by atoms with Gasteiger partial charge in [-0.3, -0.25) is 4.79 Å². The first-order valence-electron chi connectivity index (χ1n) is 7.46. The Morgan fingerprint density at radius 1 is 1.15 bits per heavy atom. The average molecular weight is 387 g/mol. The molecule has 0 radical (unpaired) electrons. The maximum absolute atomic E-state index is 12.1. The summed E-state index contributed by atoms with van der Waals surface area (Å²) in [7, 11) is 1.25. The molecule has 3 rings (SSSR count). The van der Waals surface area contributed by atoms with Gasteiger partial charge >= 0.3 is 11.9 Å². The standard InChI is InChI=1S/C19H12Cl2N2O3/c1-26-19(25)18-13(17-14(21)9-11(20)10-15(17)23-18)7-8-16(24)22-12-5-3-2-4-6-12/h2-6,9-10,23H,1H3,(H,22,24). The lowest BCUT2D eigenvalue weighted by Gasteiger charge is -1.99. The van der Waals surface area contributed by atoms with Gasteiger partial charge in [0, 0.05) is 22.0 Å². The lowest BCUT2D eigenvalue weighted by molar-refractivity contribution is -0.111. The third kappa shape index (κ3) is 3.67. The number of para-hydroxylation sites is 1. The summed E-state index contributed by atoms with van der Waals surface area (Å²) in [5.74, 6) is 4.03. The number of hydrogen-bond acceptors (Lipinski definition) is 3. The van der Waals surface area contributed by atoms with Crippen LogP contribution >= 0.6 is 23.2 Å². The van der Waals surface area contributed by atoms with Crippen molar-refractivity contribution in [2.24, 2.45) is 0 Å². The maximum atomic E-state index is 12.1. The molecule has 0 fully saturated rings. The van der Waals surface area contributed by atoms with Crippen LogP contribution < -0.4 is 5.32 Å². The number of carbonyl (C=O) groups excluding carboxylic acids is 2. The number of H-pyrrole nitrogens is 1. The molecule has 1 heterocycles. The van der Waals surface area contributed by atoms with Crippen LogP contribution in [0.4, 0.5) is 5.69 Å². The largest absolute Gasteiger partial charge is 0.464 e. The summed E-state index contributed by atoms with van der Waals surface area (Å²) in [6.45, 7) is 0. The summed E-state index contributed by atoms with van der Waals surface area (Å²) in [5, 5.41) is 3.86. The number of fused-ring (bicyclic) bond motifs is 1. The molecule has 0 atom stereocenters. The van der Waals surface area contributed by atoms with Crippen molar-refractivity contribution >= 4 is 51.7 Å². The van der Waals surface area contributed by atoms with Gasteiger partial charge in [0.2, 0.25) is 0 Å². The van der Waals surface area contributed by atoms with E-state index in [1.54, 1.807) is 30.3 Å². The monoisotopic (exact) mass is 386 g/mol. The van der Waals surface area contributed by atoms with Crippen LogP contribution in [0.2, 0.25) is 10.0 Å². The van der Waals surface area contributed by atoms with Crippen molar-refractivity contribution in [2.75, 3.05) is 12.4 Å². The summed E-state index contributed by atoms with van der Waals surface area (Å²) in [4.78, 5) is 27.0. The zero-order valence-electron chi connectivity index (χ0n) is 13.5. The summed E-state index contributed by atoms with van der Waals surface area (Å²) < 4.78 is 4.76. The Morgan fingerprint density at radius 3 is 2.58 bits per heavy atom. The zero-order valence-corrected chi connectivity index (χ0v) is 15.0. The van der Waals surface area contributed by atoms with E-state index in [-0.39, 0.29) is 11.3 Å². The summed E-state index contributed by atoms with van der Waals surface area (Å²) in [6.07, 6.45) is 0. The number of amides is 1. The number of esters is 1. The van der Waals surface area contributed by atoms with E-state index in [4.69, 9.17) is 27.9 Å². The molecule has 0 aliphatic heterocycles. The number of rotatable bonds is 2. The summed E-state index contributed by atoms with van der Waals surface area (Å²) >= 11 is 12.2. The molecule has 7 heteroatoms. The van der Waals surface area contributed by atoms with E-state index >= 15 is 0 Å². The Kier molecular flexibility index (Phi) is 5.17. The molecule has 0 bridgehead atoms. The van der Waals surface area contributed by atoms with Crippen molar-refractivity contribution in [3.8, 4) is 11.8 Å². The summed E-state index contributed by atoms with van der Waals surface area (Å²) in [5.41, 5.74) is 1.52. The number of carbonyl (C=O) groups is 2. The molecular weight excluding hydrogens is 375 g/mol. The normalized spacial score (nSPS) is 10.1. The second kappa shape index (κ2) is 7.52. The number of methoxy groups -OCH3 is 1. The Labute approximate surface area is 159 Å². The Balaban J connectivity index is 2.04. The van der Waals surface area contributed by atoms with Crippen LogP contribution in [0.15, 0.2) is 42.5 Å². The molecule has 2 aromatic carbocycles. The minimum atomic E-state index is -0.624. The third-order valence-corrected chi connectivity index (χ3v) is 4.05. The van der Waals surface area contributed by atoms with Gasteiger partial charge in [0.05, 0.1) is 23.2 Å². The van der Waals surface area contributed by atoms with E-state index in [9.17, 15) is 9.59 Å². The van der Waals surface area contributed by atoms with Gasteiger partial charge in [-0.2, -0.15) is 0 Å². The Hall–Kier alpha value is -2.94. The van der Waals surface area contributed by atoms with Crippen molar-refractivity contribution in [2.45, 2.75) is 0 Å². The highest BCUT2D eigenvalue weighted by Gasteiger charge is 2.19. The van der Waals surface area contributed by atoms with E-state index in [0.29, 0.717) is 26.6 Å². The minimum absolute atomic E-state index is 0.103. The molecule has 0 aliphatic carbocycles. The van der Waals surface area contributed by atoms with E-state index in [1.807, 2.05) is 6.07 Å². The first-order valence-corrected chi connectivity index (χ1v) is 8.22. The number of ether oxygens (including phenoxy) is 1. The number of nitrogens with one attached hydrogen (secondary N) is 2. The van der Waals surface area contributed by atoms with Crippen LogP contribution in [0.25, 0.3) is 10.9 Å². The number of benzene rings is 2. The van der Waals surface area contributed by atoms with Crippen molar-refractivity contribution in [3.63, 3.8) is 0 Å². The molecule has 5 nitrogen and oxygen atoms in total. The molecule has 0 saturated heterocycles. The molecule has 2 N–H and O–H groups in total. The molecule has 1 aromatic heterocycles. The van der Waals surface area contributed by atoms with Crippen molar-refractivity contribution < 1.29 is 14.3 Å². The van der Waals surface area contributed by atoms with Gasteiger partial charge in [-0.25, -0.2) is 4.79 Å². The number of aromatic nitrogens is 1. The third-order valence-electron chi connectivity index (χ3n) is 3.54. The topological polar surface area (TPSA) is 71.2 Å². The van der Waals surface area contributed by atoms with E-state index < -0.39 is 11.9 Å². The number of aromatic amines is 1. The van der Waals surface area contributed by atoms with Gasteiger partial charge in [0.25, 0.3) is 0 Å². The number of halogens is 2. The molecule has 1 amide bonds. The highest BCUT2D eigenvalue weighted by molar-refractivity contribution is 6.39. The van der Waals surface area contributed by atoms with Gasteiger partial charge < -0.3 is 15.0 Å². The molecular formula is C19H12Cl2N2O3. The SMILES string of the molecule is COC(=O)c1[nH]c2cc(Cl)cc(Cl)c2c1C#CC(=O)Nc1ccccc1. The van der Waals surface area contributed by atoms with Gasteiger partial charge in [-0.05, 0) is 24.3 Å². The van der Waals surface area contributed by atoms with E-state index in [1.165, 1.54) is 13.2 Å². The first kappa shape index (κ1) is 17.9.